The number of rotatable bonds is 2. The van der Waals surface area contributed by atoms with Crippen molar-refractivity contribution in [1.29, 1.82) is 0 Å². The molecule has 0 saturated heterocycles. The largest absolute Gasteiger partial charge is 0.292 e. The average Bonchev–Trinajstić information content (AvgIpc) is 2.93. The van der Waals surface area contributed by atoms with Gasteiger partial charge in [0.2, 0.25) is 0 Å². The van der Waals surface area contributed by atoms with Crippen LogP contribution in [0.4, 0.5) is 0 Å². The van der Waals surface area contributed by atoms with Crippen LogP contribution in [0.1, 0.15) is 26.6 Å². The maximum atomic E-state index is 12.3. The van der Waals surface area contributed by atoms with Crippen LogP contribution in [0.5, 0.6) is 0 Å². The van der Waals surface area contributed by atoms with Crippen molar-refractivity contribution < 1.29 is 4.79 Å². The van der Waals surface area contributed by atoms with E-state index in [0.29, 0.717) is 5.69 Å². The zero-order valence-electron chi connectivity index (χ0n) is 9.64. The van der Waals surface area contributed by atoms with E-state index in [0.717, 1.165) is 17.8 Å². The van der Waals surface area contributed by atoms with E-state index in [1.165, 1.54) is 11.1 Å². The molecule has 0 spiro atoms. The molecule has 0 saturated carbocycles. The molecule has 1 aromatic carbocycles. The van der Waals surface area contributed by atoms with E-state index in [9.17, 15) is 4.79 Å². The van der Waals surface area contributed by atoms with Gasteiger partial charge >= 0.3 is 0 Å². The second-order valence-electron chi connectivity index (χ2n) is 4.49. The van der Waals surface area contributed by atoms with E-state index in [1.807, 2.05) is 24.4 Å². The molecule has 0 atom stereocenters. The quantitative estimate of drug-likeness (QED) is 0.759. The van der Waals surface area contributed by atoms with Gasteiger partial charge in [-0.25, -0.2) is 4.98 Å². The van der Waals surface area contributed by atoms with Crippen molar-refractivity contribution in [3.63, 3.8) is 0 Å². The van der Waals surface area contributed by atoms with Gasteiger partial charge in [0.15, 0.2) is 5.78 Å². The number of nitrogens with zero attached hydrogens (tertiary/aromatic N) is 1. The number of hydrogen-bond acceptors (Lipinski definition) is 3. The molecular formula is C14H13NOS. The van der Waals surface area contributed by atoms with Crippen molar-refractivity contribution in [3.8, 4) is 0 Å². The zero-order valence-corrected chi connectivity index (χ0v) is 10.5. The van der Waals surface area contributed by atoms with E-state index < -0.39 is 0 Å². The molecule has 0 radical (unpaired) electrons. The SMILES string of the molecule is Cc1nc(C(=O)C2Cc3ccccc3C2)cs1. The molecule has 2 nitrogen and oxygen atoms in total. The van der Waals surface area contributed by atoms with Crippen LogP contribution >= 0.6 is 11.3 Å². The van der Waals surface area contributed by atoms with Crippen LogP contribution in [0.3, 0.4) is 0 Å². The van der Waals surface area contributed by atoms with Crippen molar-refractivity contribution in [2.45, 2.75) is 19.8 Å². The molecule has 0 amide bonds. The Balaban J connectivity index is 1.83. The number of benzene rings is 1. The molecule has 1 aromatic heterocycles. The molecule has 2 aromatic rings. The summed E-state index contributed by atoms with van der Waals surface area (Å²) in [7, 11) is 0. The Hall–Kier alpha value is -1.48. The standard InChI is InChI=1S/C14H13NOS/c1-9-15-13(8-17-9)14(16)12-6-10-4-2-3-5-11(10)7-12/h2-5,8,12H,6-7H2,1H3. The zero-order chi connectivity index (χ0) is 11.8. The van der Waals surface area contributed by atoms with E-state index in [-0.39, 0.29) is 11.7 Å². The first-order chi connectivity index (χ1) is 8.24. The number of ketones is 1. The lowest BCUT2D eigenvalue weighted by Crippen LogP contribution is -2.15. The highest BCUT2D eigenvalue weighted by Crippen LogP contribution is 2.29. The first kappa shape index (κ1) is 10.7. The number of fused-ring (bicyclic) bond motifs is 1. The van der Waals surface area contributed by atoms with Gasteiger partial charge in [-0.15, -0.1) is 11.3 Å². The van der Waals surface area contributed by atoms with Gasteiger partial charge in [-0.1, -0.05) is 24.3 Å². The van der Waals surface area contributed by atoms with Gasteiger partial charge in [0.25, 0.3) is 0 Å². The number of carbonyl (C=O) groups excluding carboxylic acids is 1. The lowest BCUT2D eigenvalue weighted by molar-refractivity contribution is 0.0920. The second kappa shape index (κ2) is 4.08. The molecule has 1 aliphatic carbocycles. The molecule has 0 N–H and O–H groups in total. The van der Waals surface area contributed by atoms with Crippen molar-refractivity contribution in [3.05, 3.63) is 51.5 Å². The summed E-state index contributed by atoms with van der Waals surface area (Å²) in [6.45, 7) is 1.94. The van der Waals surface area contributed by atoms with Crippen LogP contribution in [-0.4, -0.2) is 10.8 Å². The Bertz CT molecular complexity index is 548. The van der Waals surface area contributed by atoms with Crippen molar-refractivity contribution >= 4 is 17.1 Å². The molecular weight excluding hydrogens is 230 g/mol. The average molecular weight is 243 g/mol. The highest BCUT2D eigenvalue weighted by atomic mass is 32.1. The molecule has 0 bridgehead atoms. The summed E-state index contributed by atoms with van der Waals surface area (Å²) in [6.07, 6.45) is 1.73. The van der Waals surface area contributed by atoms with E-state index >= 15 is 0 Å². The fourth-order valence-corrected chi connectivity index (χ4v) is 3.03. The van der Waals surface area contributed by atoms with Crippen LogP contribution in [0.25, 0.3) is 0 Å². The van der Waals surface area contributed by atoms with Gasteiger partial charge in [0, 0.05) is 11.3 Å². The topological polar surface area (TPSA) is 30.0 Å². The van der Waals surface area contributed by atoms with Crippen LogP contribution in [0, 0.1) is 12.8 Å². The smallest absolute Gasteiger partial charge is 0.185 e. The van der Waals surface area contributed by atoms with Crippen molar-refractivity contribution in [2.24, 2.45) is 5.92 Å². The number of Topliss-reactive ketones (excluding diaryl/α,β-unsaturated/α-hetero) is 1. The minimum Gasteiger partial charge on any atom is -0.292 e. The van der Waals surface area contributed by atoms with Gasteiger partial charge in [0.1, 0.15) is 5.69 Å². The van der Waals surface area contributed by atoms with Gasteiger partial charge in [-0.2, -0.15) is 0 Å². The summed E-state index contributed by atoms with van der Waals surface area (Å²) in [4.78, 5) is 16.6. The summed E-state index contributed by atoms with van der Waals surface area (Å²) in [6, 6.07) is 8.32. The highest BCUT2D eigenvalue weighted by Gasteiger charge is 2.28. The van der Waals surface area contributed by atoms with Crippen molar-refractivity contribution in [1.82, 2.24) is 4.98 Å². The molecule has 0 fully saturated rings. The summed E-state index contributed by atoms with van der Waals surface area (Å²) in [5.41, 5.74) is 3.28. The van der Waals surface area contributed by atoms with E-state index in [4.69, 9.17) is 0 Å². The predicted octanol–water partition coefficient (Wildman–Crippen LogP) is 3.05. The molecule has 3 heteroatoms. The van der Waals surface area contributed by atoms with Crippen LogP contribution in [0.2, 0.25) is 0 Å². The Morgan fingerprint density at radius 1 is 1.29 bits per heavy atom. The first-order valence-corrected chi connectivity index (χ1v) is 6.65. The molecule has 1 heterocycles. The van der Waals surface area contributed by atoms with E-state index in [1.54, 1.807) is 11.3 Å². The third-order valence-corrected chi connectivity index (χ3v) is 4.07. The number of hydrogen-bond donors (Lipinski definition) is 0. The Labute approximate surface area is 104 Å². The number of carbonyl (C=O) groups is 1. The van der Waals surface area contributed by atoms with Gasteiger partial charge in [-0.05, 0) is 30.9 Å². The molecule has 3 rings (SSSR count). The lowest BCUT2D eigenvalue weighted by atomic mass is 9.99. The minimum absolute atomic E-state index is 0.0916. The highest BCUT2D eigenvalue weighted by molar-refractivity contribution is 7.09. The third kappa shape index (κ3) is 1.91. The van der Waals surface area contributed by atoms with Crippen molar-refractivity contribution in [2.75, 3.05) is 0 Å². The Kier molecular flexibility index (Phi) is 2.56. The van der Waals surface area contributed by atoms with Gasteiger partial charge < -0.3 is 0 Å². The number of aromatic nitrogens is 1. The summed E-state index contributed by atoms with van der Waals surface area (Å²) in [5.74, 6) is 0.291. The van der Waals surface area contributed by atoms with Gasteiger partial charge in [0.05, 0.1) is 5.01 Å². The predicted molar refractivity (Wildman–Crippen MR) is 68.5 cm³/mol. The molecule has 17 heavy (non-hydrogen) atoms. The molecule has 1 aliphatic rings. The normalized spacial score (nSPS) is 14.9. The molecule has 0 aliphatic heterocycles. The number of aryl methyl sites for hydroxylation is 1. The van der Waals surface area contributed by atoms with E-state index in [2.05, 4.69) is 17.1 Å². The van der Waals surface area contributed by atoms with Crippen LogP contribution < -0.4 is 0 Å². The van der Waals surface area contributed by atoms with Crippen LogP contribution in [-0.2, 0) is 12.8 Å². The first-order valence-electron chi connectivity index (χ1n) is 5.77. The maximum Gasteiger partial charge on any atom is 0.185 e. The lowest BCUT2D eigenvalue weighted by Gasteiger charge is -2.04. The fraction of sp³-hybridized carbons (Fsp3) is 0.286. The second-order valence-corrected chi connectivity index (χ2v) is 5.55. The van der Waals surface area contributed by atoms with Gasteiger partial charge in [-0.3, -0.25) is 4.79 Å². The maximum absolute atomic E-state index is 12.3. The Morgan fingerprint density at radius 2 is 1.94 bits per heavy atom. The minimum atomic E-state index is 0.0916. The Morgan fingerprint density at radius 3 is 2.47 bits per heavy atom. The third-order valence-electron chi connectivity index (χ3n) is 3.29. The fourth-order valence-electron chi connectivity index (χ4n) is 2.43. The monoisotopic (exact) mass is 243 g/mol. The molecule has 0 unspecified atom stereocenters. The molecule has 86 valence electrons. The summed E-state index contributed by atoms with van der Waals surface area (Å²) in [5, 5.41) is 2.84. The summed E-state index contributed by atoms with van der Waals surface area (Å²) < 4.78 is 0. The van der Waals surface area contributed by atoms with Crippen LogP contribution in [0.15, 0.2) is 29.6 Å². The number of thiazole rings is 1. The summed E-state index contributed by atoms with van der Waals surface area (Å²) >= 11 is 1.54.